The number of carbonyl (C=O) groups is 1. The summed E-state index contributed by atoms with van der Waals surface area (Å²) in [5, 5.41) is 8.70. The van der Waals surface area contributed by atoms with Gasteiger partial charge in [0.05, 0.1) is 5.41 Å². The summed E-state index contributed by atoms with van der Waals surface area (Å²) < 4.78 is 0. The van der Waals surface area contributed by atoms with Crippen molar-refractivity contribution in [1.82, 2.24) is 0 Å². The third kappa shape index (κ3) is 0.345. The molecule has 2 heteroatoms. The fourth-order valence-electron chi connectivity index (χ4n) is 2.29. The first-order valence-corrected chi connectivity index (χ1v) is 3.43. The highest BCUT2D eigenvalue weighted by atomic mass is 16.4. The molecule has 2 saturated carbocycles. The Hall–Kier alpha value is -0.530. The maximum Gasteiger partial charge on any atom is 0.310 e. The van der Waals surface area contributed by atoms with Crippen LogP contribution in [0, 0.1) is 17.3 Å². The highest BCUT2D eigenvalue weighted by Gasteiger charge is 2.72. The molecule has 0 saturated heterocycles. The average molecular weight is 126 g/mol. The molecule has 50 valence electrons. The van der Waals surface area contributed by atoms with Crippen LogP contribution in [0.4, 0.5) is 0 Å². The molecular formula is C7H10O2. The van der Waals surface area contributed by atoms with Crippen molar-refractivity contribution >= 4 is 5.97 Å². The number of aliphatic carboxylic acids is 1. The van der Waals surface area contributed by atoms with Gasteiger partial charge in [0.25, 0.3) is 0 Å². The molecule has 2 unspecified atom stereocenters. The van der Waals surface area contributed by atoms with E-state index in [1.807, 2.05) is 6.92 Å². The van der Waals surface area contributed by atoms with Gasteiger partial charge in [-0.1, -0.05) is 6.92 Å². The van der Waals surface area contributed by atoms with E-state index in [1.165, 1.54) is 0 Å². The van der Waals surface area contributed by atoms with E-state index in [0.29, 0.717) is 11.8 Å². The molecule has 0 heterocycles. The van der Waals surface area contributed by atoms with Crippen molar-refractivity contribution in [2.45, 2.75) is 19.8 Å². The van der Waals surface area contributed by atoms with E-state index in [0.717, 1.165) is 12.8 Å². The van der Waals surface area contributed by atoms with Gasteiger partial charge < -0.3 is 5.11 Å². The molecule has 2 aliphatic rings. The lowest BCUT2D eigenvalue weighted by Crippen LogP contribution is -2.24. The number of hydrogen-bond donors (Lipinski definition) is 1. The minimum absolute atomic E-state index is 0.236. The molecule has 2 fully saturated rings. The first kappa shape index (κ1) is 5.27. The zero-order chi connectivity index (χ0) is 6.65. The van der Waals surface area contributed by atoms with Crippen LogP contribution in [0.15, 0.2) is 0 Å². The normalized spacial score (nSPS) is 53.4. The lowest BCUT2D eigenvalue weighted by atomic mass is 9.85. The van der Waals surface area contributed by atoms with Crippen LogP contribution in [0.2, 0.25) is 0 Å². The molecule has 0 amide bonds. The van der Waals surface area contributed by atoms with E-state index in [4.69, 9.17) is 5.11 Å². The monoisotopic (exact) mass is 126 g/mol. The van der Waals surface area contributed by atoms with Gasteiger partial charge in [0, 0.05) is 0 Å². The second kappa shape index (κ2) is 1.15. The van der Waals surface area contributed by atoms with E-state index in [-0.39, 0.29) is 5.41 Å². The van der Waals surface area contributed by atoms with Crippen molar-refractivity contribution in [2.24, 2.45) is 17.3 Å². The molecule has 0 bridgehead atoms. The summed E-state index contributed by atoms with van der Waals surface area (Å²) in [7, 11) is 0. The van der Waals surface area contributed by atoms with E-state index in [9.17, 15) is 4.79 Å². The molecule has 9 heavy (non-hydrogen) atoms. The van der Waals surface area contributed by atoms with Crippen molar-refractivity contribution in [3.05, 3.63) is 0 Å². The lowest BCUT2D eigenvalue weighted by Gasteiger charge is -2.19. The van der Waals surface area contributed by atoms with Crippen LogP contribution in [-0.2, 0) is 4.79 Å². The predicted molar refractivity (Wildman–Crippen MR) is 32.0 cm³/mol. The van der Waals surface area contributed by atoms with Crippen LogP contribution in [0.25, 0.3) is 0 Å². The Morgan fingerprint density at radius 1 is 1.78 bits per heavy atom. The minimum Gasteiger partial charge on any atom is -0.481 e. The van der Waals surface area contributed by atoms with Gasteiger partial charge in [-0.2, -0.15) is 0 Å². The van der Waals surface area contributed by atoms with Gasteiger partial charge in [0.15, 0.2) is 0 Å². The third-order valence-corrected chi connectivity index (χ3v) is 3.24. The number of hydrogen-bond acceptors (Lipinski definition) is 1. The van der Waals surface area contributed by atoms with Crippen molar-refractivity contribution < 1.29 is 9.90 Å². The predicted octanol–water partition coefficient (Wildman–Crippen LogP) is 1.12. The van der Waals surface area contributed by atoms with Gasteiger partial charge in [-0.05, 0) is 24.7 Å². The second-order valence-corrected chi connectivity index (χ2v) is 3.28. The Morgan fingerprint density at radius 2 is 2.44 bits per heavy atom. The van der Waals surface area contributed by atoms with Crippen molar-refractivity contribution in [2.75, 3.05) is 0 Å². The Bertz CT molecular complexity index is 170. The van der Waals surface area contributed by atoms with Crippen LogP contribution in [0.1, 0.15) is 19.8 Å². The Balaban J connectivity index is 2.21. The fraction of sp³-hybridized carbons (Fsp3) is 0.857. The quantitative estimate of drug-likeness (QED) is 0.571. The number of fused-ring (bicyclic) bond motifs is 1. The highest BCUT2D eigenvalue weighted by molar-refractivity contribution is 5.81. The summed E-state index contributed by atoms with van der Waals surface area (Å²) in [5.41, 5.74) is -0.236. The fourth-order valence-corrected chi connectivity index (χ4v) is 2.29. The topological polar surface area (TPSA) is 37.3 Å². The Kier molecular flexibility index (Phi) is 0.675. The molecule has 0 aromatic rings. The van der Waals surface area contributed by atoms with Crippen LogP contribution in [0.3, 0.4) is 0 Å². The molecular weight excluding hydrogens is 116 g/mol. The summed E-state index contributed by atoms with van der Waals surface area (Å²) in [6.45, 7) is 2.05. The van der Waals surface area contributed by atoms with Gasteiger partial charge in [-0.25, -0.2) is 0 Å². The number of carboxylic acid groups (broad SMARTS) is 1. The average Bonchev–Trinajstić information content (AvgIpc) is 1.98. The summed E-state index contributed by atoms with van der Waals surface area (Å²) in [5.74, 6) is 0.441. The molecule has 2 aliphatic carbocycles. The Morgan fingerprint density at radius 3 is 2.44 bits per heavy atom. The highest BCUT2D eigenvalue weighted by Crippen LogP contribution is 2.72. The number of carboxylic acids is 1. The van der Waals surface area contributed by atoms with E-state index in [1.54, 1.807) is 0 Å². The van der Waals surface area contributed by atoms with Crippen LogP contribution < -0.4 is 0 Å². The summed E-state index contributed by atoms with van der Waals surface area (Å²) in [6.07, 6.45) is 2.07. The standard InChI is InChI=1S/C7H10O2/c1-4-5-2-3-7(4,5)6(8)9/h4-5H,2-3H2,1H3,(H,8,9)/t4-,5?,7?/m0/s1. The molecule has 1 N–H and O–H groups in total. The zero-order valence-electron chi connectivity index (χ0n) is 5.42. The van der Waals surface area contributed by atoms with Gasteiger partial charge in [0.1, 0.15) is 0 Å². The first-order valence-electron chi connectivity index (χ1n) is 3.43. The smallest absolute Gasteiger partial charge is 0.310 e. The summed E-state index contributed by atoms with van der Waals surface area (Å²) in [6, 6.07) is 0. The van der Waals surface area contributed by atoms with Crippen LogP contribution in [0.5, 0.6) is 0 Å². The van der Waals surface area contributed by atoms with Crippen molar-refractivity contribution in [3.8, 4) is 0 Å². The molecule has 0 aliphatic heterocycles. The molecule has 0 aromatic heterocycles. The lowest BCUT2D eigenvalue weighted by molar-refractivity contribution is -0.146. The number of rotatable bonds is 1. The second-order valence-electron chi connectivity index (χ2n) is 3.28. The largest absolute Gasteiger partial charge is 0.481 e. The summed E-state index contributed by atoms with van der Waals surface area (Å²) in [4.78, 5) is 10.6. The van der Waals surface area contributed by atoms with Crippen molar-refractivity contribution in [1.29, 1.82) is 0 Å². The molecule has 2 rings (SSSR count). The maximum absolute atomic E-state index is 10.6. The maximum atomic E-state index is 10.6. The first-order chi connectivity index (χ1) is 4.19. The molecule has 2 nitrogen and oxygen atoms in total. The van der Waals surface area contributed by atoms with Crippen LogP contribution >= 0.6 is 0 Å². The van der Waals surface area contributed by atoms with E-state index < -0.39 is 5.97 Å². The van der Waals surface area contributed by atoms with Gasteiger partial charge in [-0.3, -0.25) is 4.79 Å². The third-order valence-electron chi connectivity index (χ3n) is 3.24. The van der Waals surface area contributed by atoms with E-state index in [2.05, 4.69) is 0 Å². The van der Waals surface area contributed by atoms with Crippen molar-refractivity contribution in [3.63, 3.8) is 0 Å². The van der Waals surface area contributed by atoms with Gasteiger partial charge >= 0.3 is 5.97 Å². The van der Waals surface area contributed by atoms with E-state index >= 15 is 0 Å². The molecule has 3 atom stereocenters. The molecule has 0 spiro atoms. The minimum atomic E-state index is -0.564. The van der Waals surface area contributed by atoms with Crippen LogP contribution in [-0.4, -0.2) is 11.1 Å². The van der Waals surface area contributed by atoms with Gasteiger partial charge in [0.2, 0.25) is 0 Å². The van der Waals surface area contributed by atoms with Gasteiger partial charge in [-0.15, -0.1) is 0 Å². The Labute approximate surface area is 53.9 Å². The zero-order valence-corrected chi connectivity index (χ0v) is 5.42. The molecule has 0 radical (unpaired) electrons. The molecule has 0 aromatic carbocycles. The SMILES string of the molecule is C[C@H]1C2CCC21C(=O)O. The summed E-state index contributed by atoms with van der Waals surface area (Å²) >= 11 is 0.